The molecule has 0 unspecified atom stereocenters. The fourth-order valence-electron chi connectivity index (χ4n) is 4.93. The van der Waals surface area contributed by atoms with Crippen molar-refractivity contribution in [2.75, 3.05) is 16.9 Å². The minimum absolute atomic E-state index is 0.212. The number of nitrogen functional groups attached to an aromatic ring is 2. The molecule has 1 aliphatic rings. The van der Waals surface area contributed by atoms with Gasteiger partial charge < -0.3 is 11.5 Å². The second-order valence-corrected chi connectivity index (χ2v) is 13.2. The van der Waals surface area contributed by atoms with E-state index in [1.54, 1.807) is 54.6 Å². The summed E-state index contributed by atoms with van der Waals surface area (Å²) >= 11 is 0. The second-order valence-electron chi connectivity index (χ2n) is 10.5. The summed E-state index contributed by atoms with van der Waals surface area (Å²) in [7, 11) is -10.1. The smallest absolute Gasteiger partial charge is 0.296 e. The summed E-state index contributed by atoms with van der Waals surface area (Å²) in [5.74, 6) is -1.08. The number of ketones is 1. The summed E-state index contributed by atoms with van der Waals surface area (Å²) in [6.07, 6.45) is 0.810. The summed E-state index contributed by atoms with van der Waals surface area (Å²) in [5.41, 5.74) is 14.5. The number of nitrogens with zero attached hydrogens (tertiary/aromatic N) is 5. The van der Waals surface area contributed by atoms with Gasteiger partial charge in [0.2, 0.25) is 5.78 Å². The third-order valence-electron chi connectivity index (χ3n) is 7.24. The number of benzene rings is 5. The fourth-order valence-corrected chi connectivity index (χ4v) is 6.26. The van der Waals surface area contributed by atoms with Crippen molar-refractivity contribution >= 4 is 88.4 Å². The van der Waals surface area contributed by atoms with Crippen LogP contribution in [0.1, 0.15) is 15.9 Å². The second kappa shape index (κ2) is 12.8. The molecule has 17 heteroatoms. The van der Waals surface area contributed by atoms with Crippen LogP contribution in [-0.2, 0) is 20.2 Å². The SMILES string of the molecule is Nc1c(N=Nc2ccc(N=Nc3ccc(N)c4ccccc34)cc2)c(S(=O)(=O)O)cc2c1C(=O)/C(=N/Nc1ccccc1)C(S(=O)(=O)O)=C2. The first-order valence-corrected chi connectivity index (χ1v) is 17.0. The van der Waals surface area contributed by atoms with Gasteiger partial charge in [-0.25, -0.2) is 0 Å². The van der Waals surface area contributed by atoms with Gasteiger partial charge in [-0.3, -0.25) is 19.3 Å². The molecule has 5 aromatic carbocycles. The van der Waals surface area contributed by atoms with Crippen molar-refractivity contribution in [3.63, 3.8) is 0 Å². The molecule has 0 spiro atoms. The first kappa shape index (κ1) is 32.8. The van der Waals surface area contributed by atoms with E-state index in [1.165, 1.54) is 12.1 Å². The number of hydrogen-bond acceptors (Lipinski definition) is 13. The van der Waals surface area contributed by atoms with E-state index in [0.717, 1.165) is 22.9 Å². The monoisotopic (exact) mass is 696 g/mol. The highest BCUT2D eigenvalue weighted by atomic mass is 32.2. The van der Waals surface area contributed by atoms with E-state index in [4.69, 9.17) is 11.5 Å². The molecule has 6 rings (SSSR count). The van der Waals surface area contributed by atoms with Gasteiger partial charge in [-0.05, 0) is 66.2 Å². The van der Waals surface area contributed by atoms with Crippen LogP contribution in [0.25, 0.3) is 16.8 Å². The Morgan fingerprint density at radius 1 is 0.673 bits per heavy atom. The summed E-state index contributed by atoms with van der Waals surface area (Å²) in [4.78, 5) is 11.8. The lowest BCUT2D eigenvalue weighted by molar-refractivity contribution is 0.106. The summed E-state index contributed by atoms with van der Waals surface area (Å²) < 4.78 is 69.1. The van der Waals surface area contributed by atoms with Crippen LogP contribution in [-0.4, -0.2) is 37.4 Å². The molecule has 5 aromatic rings. The van der Waals surface area contributed by atoms with Crippen molar-refractivity contribution in [1.82, 2.24) is 0 Å². The number of anilines is 3. The van der Waals surface area contributed by atoms with E-state index in [-0.39, 0.29) is 16.8 Å². The molecule has 0 atom stereocenters. The third-order valence-corrected chi connectivity index (χ3v) is 8.98. The molecule has 0 aliphatic heterocycles. The van der Waals surface area contributed by atoms with E-state index in [1.807, 2.05) is 24.3 Å². The van der Waals surface area contributed by atoms with Crippen molar-refractivity contribution in [1.29, 1.82) is 0 Å². The first-order valence-electron chi connectivity index (χ1n) is 14.1. The van der Waals surface area contributed by atoms with Crippen LogP contribution in [0.2, 0.25) is 0 Å². The van der Waals surface area contributed by atoms with Crippen molar-refractivity contribution < 1.29 is 30.7 Å². The highest BCUT2D eigenvalue weighted by Crippen LogP contribution is 2.41. The number of allylic oxidation sites excluding steroid dienone is 1. The maximum absolute atomic E-state index is 13.6. The Morgan fingerprint density at radius 3 is 1.92 bits per heavy atom. The van der Waals surface area contributed by atoms with Crippen LogP contribution in [0.15, 0.2) is 132 Å². The maximum Gasteiger partial charge on any atom is 0.296 e. The van der Waals surface area contributed by atoms with Crippen molar-refractivity contribution in [3.05, 3.63) is 113 Å². The minimum Gasteiger partial charge on any atom is -0.398 e. The van der Waals surface area contributed by atoms with Gasteiger partial charge >= 0.3 is 0 Å². The molecule has 0 radical (unpaired) electrons. The zero-order valence-electron chi connectivity index (χ0n) is 25.0. The van der Waals surface area contributed by atoms with Crippen molar-refractivity contribution in [2.45, 2.75) is 4.90 Å². The normalized spacial score (nSPS) is 14.4. The van der Waals surface area contributed by atoms with Gasteiger partial charge in [-0.2, -0.15) is 32.2 Å². The average molecular weight is 697 g/mol. The van der Waals surface area contributed by atoms with Gasteiger partial charge in [0.15, 0.2) is 5.71 Å². The van der Waals surface area contributed by atoms with Crippen molar-refractivity contribution in [2.24, 2.45) is 25.6 Å². The molecule has 0 heterocycles. The van der Waals surface area contributed by atoms with E-state index >= 15 is 0 Å². The molecule has 0 bridgehead atoms. The number of carbonyl (C=O) groups is 1. The molecule has 1 aliphatic carbocycles. The number of rotatable bonds is 8. The fraction of sp³-hybridized carbons (Fsp3) is 0. The lowest BCUT2D eigenvalue weighted by Gasteiger charge is -2.20. The Morgan fingerprint density at radius 2 is 1.29 bits per heavy atom. The molecule has 15 nitrogen and oxygen atoms in total. The van der Waals surface area contributed by atoms with Gasteiger partial charge in [0, 0.05) is 16.5 Å². The van der Waals surface area contributed by atoms with Crippen LogP contribution in [0, 0.1) is 0 Å². The molecular formula is C32H24N8O7S2. The van der Waals surface area contributed by atoms with Crippen LogP contribution < -0.4 is 16.9 Å². The Bertz CT molecular complexity index is 2500. The molecule has 0 amide bonds. The summed E-state index contributed by atoms with van der Waals surface area (Å²) in [5, 5.41) is 22.1. The minimum atomic E-state index is -5.05. The van der Waals surface area contributed by atoms with Gasteiger partial charge in [0.1, 0.15) is 15.5 Å². The first-order chi connectivity index (χ1) is 23.3. The number of hydrogen-bond donors (Lipinski definition) is 5. The van der Waals surface area contributed by atoms with Crippen LogP contribution >= 0.6 is 0 Å². The van der Waals surface area contributed by atoms with E-state index in [0.29, 0.717) is 22.7 Å². The van der Waals surface area contributed by atoms with E-state index < -0.39 is 52.9 Å². The molecule has 246 valence electrons. The molecule has 0 aromatic heterocycles. The molecule has 0 saturated carbocycles. The van der Waals surface area contributed by atoms with E-state index in [2.05, 4.69) is 31.0 Å². The molecule has 7 N–H and O–H groups in total. The number of para-hydroxylation sites is 1. The largest absolute Gasteiger partial charge is 0.398 e. The van der Waals surface area contributed by atoms with E-state index in [9.17, 15) is 30.7 Å². The molecule has 0 saturated heterocycles. The highest BCUT2D eigenvalue weighted by molar-refractivity contribution is 7.91. The lowest BCUT2D eigenvalue weighted by Crippen LogP contribution is -2.28. The Kier molecular flexibility index (Phi) is 8.57. The Labute approximate surface area is 278 Å². The van der Waals surface area contributed by atoms with Crippen LogP contribution in [0.4, 0.5) is 39.8 Å². The number of Topliss-reactive ketones (excluding diaryl/α,β-unsaturated/α-hetero) is 1. The number of carbonyl (C=O) groups excluding carboxylic acids is 1. The number of fused-ring (bicyclic) bond motifs is 2. The molecule has 49 heavy (non-hydrogen) atoms. The predicted molar refractivity (Wildman–Crippen MR) is 185 cm³/mol. The average Bonchev–Trinajstić information content (AvgIpc) is 3.07. The molecular weight excluding hydrogens is 673 g/mol. The Hall–Kier alpha value is -6.14. The highest BCUT2D eigenvalue weighted by Gasteiger charge is 2.37. The summed E-state index contributed by atoms with van der Waals surface area (Å²) in [6, 6.07) is 26.1. The standard InChI is InChI=1S/C32H24N8O7S2/c33-24-14-15-25(23-9-5-4-8-22(23)24)38-35-20-10-12-21(13-11-20)37-39-30-26(48(42,43)44)16-18-17-27(49(45,46)47)31(32(41)28(18)29(30)34)40-36-19-6-2-1-3-7-19/h1-17,36H,33-34H2,(H,42,43,44)(H,45,46,47)/b38-35?,39-37?,40-31+. The quantitative estimate of drug-likeness (QED) is 0.0481. The van der Waals surface area contributed by atoms with Gasteiger partial charge in [0.05, 0.1) is 34.0 Å². The number of hydrazone groups is 1. The van der Waals surface area contributed by atoms with Crippen LogP contribution in [0.3, 0.4) is 0 Å². The van der Waals surface area contributed by atoms with Gasteiger partial charge in [0.25, 0.3) is 20.2 Å². The summed E-state index contributed by atoms with van der Waals surface area (Å²) in [6.45, 7) is 0. The number of azo groups is 2. The number of nitrogens with two attached hydrogens (primary N) is 2. The topological polar surface area (TPSA) is 252 Å². The lowest BCUT2D eigenvalue weighted by atomic mass is 9.92. The number of nitrogens with one attached hydrogen (secondary N) is 1. The van der Waals surface area contributed by atoms with Crippen molar-refractivity contribution in [3.8, 4) is 0 Å². The van der Waals surface area contributed by atoms with Gasteiger partial charge in [-0.15, -0.1) is 10.2 Å². The predicted octanol–water partition coefficient (Wildman–Crippen LogP) is 6.97. The zero-order chi connectivity index (χ0) is 34.9. The molecule has 0 fully saturated rings. The Balaban J connectivity index is 1.35. The van der Waals surface area contributed by atoms with Crippen LogP contribution in [0.5, 0.6) is 0 Å². The zero-order valence-corrected chi connectivity index (χ0v) is 26.6. The van der Waals surface area contributed by atoms with Gasteiger partial charge in [-0.1, -0.05) is 42.5 Å². The third kappa shape index (κ3) is 6.81. The maximum atomic E-state index is 13.6.